The van der Waals surface area contributed by atoms with Gasteiger partial charge in [-0.3, -0.25) is 29.7 Å². The lowest BCUT2D eigenvalue weighted by Gasteiger charge is -2.12. The molecule has 0 spiro atoms. The number of nitro groups is 1. The number of non-ortho nitro benzene ring substituents is 1. The third-order valence-corrected chi connectivity index (χ3v) is 2.44. The molecule has 13 heteroatoms. The third kappa shape index (κ3) is 5.35. The molecule has 0 saturated carbocycles. The van der Waals surface area contributed by atoms with E-state index in [4.69, 9.17) is 19.6 Å². The maximum atomic E-state index is 10.7. The predicted molar refractivity (Wildman–Crippen MR) is 58.4 cm³/mol. The van der Waals surface area contributed by atoms with E-state index in [0.717, 1.165) is 12.1 Å². The fraction of sp³-hybridized carbons (Fsp3) is 0. The number of nitrogens with zero attached hydrogens (tertiary/aromatic N) is 1. The average molecular weight is 315 g/mol. The van der Waals surface area contributed by atoms with Gasteiger partial charge >= 0.3 is 15.6 Å². The van der Waals surface area contributed by atoms with Crippen molar-refractivity contribution >= 4 is 21.3 Å². The number of phosphoric acid groups is 2. The van der Waals surface area contributed by atoms with Crippen molar-refractivity contribution in [3.63, 3.8) is 0 Å². The normalized spacial score (nSPS) is 12.0. The number of nitro benzene ring substituents is 1. The Morgan fingerprint density at radius 1 is 1.00 bits per heavy atom. The molecule has 106 valence electrons. The Balaban J connectivity index is 3.26. The first-order valence-corrected chi connectivity index (χ1v) is 7.33. The molecule has 0 amide bonds. The average Bonchev–Trinajstić information content (AvgIpc) is 2.15. The molecule has 1 aromatic carbocycles. The van der Waals surface area contributed by atoms with Gasteiger partial charge in [-0.2, -0.15) is 0 Å². The van der Waals surface area contributed by atoms with Crippen LogP contribution < -0.4 is 9.05 Å². The standard InChI is InChI=1S/C6H7NO10P2/c8-7(9)4-1-2-5(16-18(10,11)12)6(3-4)17-19(13,14)15/h1-3H,(H2,10,11,12)(H2,13,14,15). The molecule has 0 aliphatic carbocycles. The minimum Gasteiger partial charge on any atom is -0.400 e. The number of phosphoric ester groups is 2. The highest BCUT2D eigenvalue weighted by atomic mass is 31.2. The summed E-state index contributed by atoms with van der Waals surface area (Å²) in [6, 6.07) is 2.11. The molecule has 1 aromatic rings. The Morgan fingerprint density at radius 3 is 1.89 bits per heavy atom. The minimum atomic E-state index is -5.09. The smallest absolute Gasteiger partial charge is 0.400 e. The molecule has 0 aliphatic rings. The zero-order valence-electron chi connectivity index (χ0n) is 8.81. The number of benzene rings is 1. The van der Waals surface area contributed by atoms with Crippen molar-refractivity contribution in [2.75, 3.05) is 0 Å². The van der Waals surface area contributed by atoms with E-state index in [9.17, 15) is 19.2 Å². The molecule has 0 aromatic heterocycles. The molecular weight excluding hydrogens is 308 g/mol. The van der Waals surface area contributed by atoms with Gasteiger partial charge in [0.15, 0.2) is 11.5 Å². The molecule has 0 heterocycles. The highest BCUT2D eigenvalue weighted by Gasteiger charge is 2.25. The van der Waals surface area contributed by atoms with Crippen LogP contribution in [-0.2, 0) is 9.13 Å². The Kier molecular flexibility index (Phi) is 4.31. The summed E-state index contributed by atoms with van der Waals surface area (Å²) in [7, 11) is -10.1. The zero-order chi connectivity index (χ0) is 14.8. The molecule has 0 fully saturated rings. The van der Waals surface area contributed by atoms with Crippen molar-refractivity contribution in [2.45, 2.75) is 0 Å². The van der Waals surface area contributed by atoms with Gasteiger partial charge in [0, 0.05) is 6.07 Å². The first kappa shape index (κ1) is 15.6. The minimum absolute atomic E-state index is 0.560. The van der Waals surface area contributed by atoms with E-state index in [2.05, 4.69) is 9.05 Å². The monoisotopic (exact) mass is 315 g/mol. The second kappa shape index (κ2) is 5.25. The summed E-state index contributed by atoms with van der Waals surface area (Å²) in [6.45, 7) is 0. The van der Waals surface area contributed by atoms with Crippen LogP contribution in [0.4, 0.5) is 5.69 Å². The van der Waals surface area contributed by atoms with Crippen molar-refractivity contribution in [3.8, 4) is 11.5 Å². The van der Waals surface area contributed by atoms with Gasteiger partial charge in [0.1, 0.15) is 0 Å². The molecule has 1 rings (SSSR count). The predicted octanol–water partition coefficient (Wildman–Crippen LogP) is 0.538. The van der Waals surface area contributed by atoms with Crippen LogP contribution in [0.5, 0.6) is 11.5 Å². The largest absolute Gasteiger partial charge is 0.524 e. The van der Waals surface area contributed by atoms with Crippen LogP contribution in [0.15, 0.2) is 18.2 Å². The van der Waals surface area contributed by atoms with Crippen molar-refractivity contribution in [1.29, 1.82) is 0 Å². The molecule has 0 saturated heterocycles. The van der Waals surface area contributed by atoms with Crippen molar-refractivity contribution < 1.29 is 42.7 Å². The van der Waals surface area contributed by atoms with Crippen LogP contribution >= 0.6 is 15.6 Å². The summed E-state index contributed by atoms with van der Waals surface area (Å²) in [5.41, 5.74) is -0.610. The number of hydrogen-bond donors (Lipinski definition) is 4. The van der Waals surface area contributed by atoms with Gasteiger partial charge < -0.3 is 9.05 Å². The fourth-order valence-corrected chi connectivity index (χ4v) is 1.82. The maximum absolute atomic E-state index is 10.7. The van der Waals surface area contributed by atoms with E-state index in [1.165, 1.54) is 0 Å². The van der Waals surface area contributed by atoms with Crippen LogP contribution in [0.25, 0.3) is 0 Å². The molecule has 19 heavy (non-hydrogen) atoms. The lowest BCUT2D eigenvalue weighted by Crippen LogP contribution is -1.97. The molecule has 11 nitrogen and oxygen atoms in total. The maximum Gasteiger partial charge on any atom is 0.524 e. The van der Waals surface area contributed by atoms with Crippen LogP contribution in [0.1, 0.15) is 0 Å². The van der Waals surface area contributed by atoms with Crippen LogP contribution in [-0.4, -0.2) is 24.5 Å². The van der Waals surface area contributed by atoms with Gasteiger partial charge in [-0.05, 0) is 6.07 Å². The second-order valence-electron chi connectivity index (χ2n) is 3.05. The molecule has 0 radical (unpaired) electrons. The summed E-state index contributed by atoms with van der Waals surface area (Å²) in [6.07, 6.45) is 0. The quantitative estimate of drug-likeness (QED) is 0.340. The highest BCUT2D eigenvalue weighted by molar-refractivity contribution is 7.47. The highest BCUT2D eigenvalue weighted by Crippen LogP contribution is 2.47. The topological polar surface area (TPSA) is 177 Å². The van der Waals surface area contributed by atoms with E-state index in [-0.39, 0.29) is 0 Å². The van der Waals surface area contributed by atoms with E-state index in [1.807, 2.05) is 0 Å². The Bertz CT molecular complexity index is 588. The zero-order valence-corrected chi connectivity index (χ0v) is 10.6. The lowest BCUT2D eigenvalue weighted by atomic mass is 10.3. The van der Waals surface area contributed by atoms with E-state index in [1.54, 1.807) is 0 Å². The number of hydrogen-bond acceptors (Lipinski definition) is 6. The molecule has 0 bridgehead atoms. The van der Waals surface area contributed by atoms with E-state index < -0.39 is 37.8 Å². The van der Waals surface area contributed by atoms with Gasteiger partial charge in [0.25, 0.3) is 5.69 Å². The van der Waals surface area contributed by atoms with Crippen LogP contribution in [0, 0.1) is 10.1 Å². The van der Waals surface area contributed by atoms with Crippen molar-refractivity contribution in [2.24, 2.45) is 0 Å². The summed E-state index contributed by atoms with van der Waals surface area (Å²) >= 11 is 0. The van der Waals surface area contributed by atoms with Crippen molar-refractivity contribution in [3.05, 3.63) is 28.3 Å². The Hall–Kier alpha value is -1.48. The Morgan fingerprint density at radius 2 is 1.47 bits per heavy atom. The first-order valence-electron chi connectivity index (χ1n) is 4.27. The number of rotatable bonds is 5. The molecule has 4 N–H and O–H groups in total. The molecule has 0 atom stereocenters. The van der Waals surface area contributed by atoms with Crippen LogP contribution in [0.3, 0.4) is 0 Å². The van der Waals surface area contributed by atoms with Crippen molar-refractivity contribution in [1.82, 2.24) is 0 Å². The van der Waals surface area contributed by atoms with E-state index >= 15 is 0 Å². The first-order chi connectivity index (χ1) is 8.48. The third-order valence-electron chi connectivity index (χ3n) is 1.57. The molecule has 0 aliphatic heterocycles. The van der Waals surface area contributed by atoms with E-state index in [0.29, 0.717) is 6.07 Å². The molecular formula is C6H7NO10P2. The van der Waals surface area contributed by atoms with Crippen LogP contribution in [0.2, 0.25) is 0 Å². The lowest BCUT2D eigenvalue weighted by molar-refractivity contribution is -0.384. The van der Waals surface area contributed by atoms with Gasteiger partial charge in [0.05, 0.1) is 11.0 Å². The van der Waals surface area contributed by atoms with Gasteiger partial charge in [-0.25, -0.2) is 9.13 Å². The summed E-state index contributed by atoms with van der Waals surface area (Å²) in [5.74, 6) is -1.62. The summed E-state index contributed by atoms with van der Waals surface area (Å²) in [4.78, 5) is 43.9. The molecule has 0 unspecified atom stereocenters. The van der Waals surface area contributed by atoms with Gasteiger partial charge in [0.2, 0.25) is 0 Å². The summed E-state index contributed by atoms with van der Waals surface area (Å²) in [5, 5.41) is 10.5. The fourth-order valence-electron chi connectivity index (χ4n) is 1.01. The van der Waals surface area contributed by atoms with Gasteiger partial charge in [-0.15, -0.1) is 0 Å². The second-order valence-corrected chi connectivity index (χ2v) is 5.38. The summed E-state index contributed by atoms with van der Waals surface area (Å²) < 4.78 is 29.4. The Labute approximate surface area is 105 Å². The van der Waals surface area contributed by atoms with Gasteiger partial charge in [-0.1, -0.05) is 0 Å². The SMILES string of the molecule is O=[N+]([O-])c1ccc(OP(=O)(O)O)c(OP(=O)(O)O)c1.